The van der Waals surface area contributed by atoms with Crippen LogP contribution in [0.5, 0.6) is 0 Å². The summed E-state index contributed by atoms with van der Waals surface area (Å²) in [6.07, 6.45) is -3.95. The number of hydrogen-bond acceptors (Lipinski definition) is 9. The average Bonchev–Trinajstić information content (AvgIpc) is 2.98. The predicted molar refractivity (Wildman–Crippen MR) is 132 cm³/mol. The number of aliphatic carboxylic acids is 1. The van der Waals surface area contributed by atoms with Gasteiger partial charge < -0.3 is 30.2 Å². The molecule has 0 aromatic carbocycles. The molecule has 0 saturated heterocycles. The fourth-order valence-corrected chi connectivity index (χ4v) is 8.27. The van der Waals surface area contributed by atoms with E-state index in [1.54, 1.807) is 7.11 Å². The molecule has 4 aliphatic rings. The summed E-state index contributed by atoms with van der Waals surface area (Å²) in [5.74, 6) is -5.02. The highest BCUT2D eigenvalue weighted by Crippen LogP contribution is 2.72. The molecule has 8 atom stereocenters. The van der Waals surface area contributed by atoms with Crippen LogP contribution in [-0.2, 0) is 33.4 Å². The Morgan fingerprint density at radius 2 is 1.77 bits per heavy atom. The van der Waals surface area contributed by atoms with E-state index in [1.807, 2.05) is 0 Å². The summed E-state index contributed by atoms with van der Waals surface area (Å²) in [6.45, 7) is 9.63. The fraction of sp³-hybridized carbons (Fsp3) is 0.778. The van der Waals surface area contributed by atoms with Gasteiger partial charge in [0.1, 0.15) is 11.5 Å². The Hall–Kier alpha value is -2.51. The van der Waals surface area contributed by atoms with Gasteiger partial charge in [-0.25, -0.2) is 4.79 Å². The number of aliphatic hydroxyl groups is 1. The van der Waals surface area contributed by atoms with Gasteiger partial charge in [-0.1, -0.05) is 26.8 Å². The number of carbonyl (C=O) groups is 4. The Morgan fingerprint density at radius 3 is 2.27 bits per heavy atom. The molecule has 4 aliphatic carbocycles. The van der Waals surface area contributed by atoms with Gasteiger partial charge in [0.25, 0.3) is 0 Å². The number of rotatable bonds is 5. The van der Waals surface area contributed by atoms with Crippen LogP contribution in [-0.4, -0.2) is 78.7 Å². The number of carbonyl (C=O) groups excluding carboxylic acids is 3. The molecule has 1 spiro atoms. The molecule has 13 heteroatoms. The van der Waals surface area contributed by atoms with Crippen molar-refractivity contribution in [1.29, 1.82) is 0 Å². The molecule has 0 heterocycles. The van der Waals surface area contributed by atoms with Gasteiger partial charge in [0, 0.05) is 31.3 Å². The van der Waals surface area contributed by atoms with Crippen LogP contribution in [0.3, 0.4) is 0 Å². The summed E-state index contributed by atoms with van der Waals surface area (Å²) in [5, 5.41) is 18.7. The highest BCUT2D eigenvalue weighted by atomic mass is 19.4. The van der Waals surface area contributed by atoms with Gasteiger partial charge in [-0.15, -0.1) is 0 Å². The Kier molecular flexibility index (Phi) is 8.84. The fourth-order valence-electron chi connectivity index (χ4n) is 8.27. The van der Waals surface area contributed by atoms with Crippen LogP contribution < -0.4 is 5.73 Å². The number of ether oxygens (including phenoxy) is 3. The van der Waals surface area contributed by atoms with Gasteiger partial charge in [-0.2, -0.15) is 13.2 Å². The smallest absolute Gasteiger partial charge is 0.475 e. The third-order valence-corrected chi connectivity index (χ3v) is 9.56. The van der Waals surface area contributed by atoms with Gasteiger partial charge in [0.05, 0.1) is 25.4 Å². The van der Waals surface area contributed by atoms with Gasteiger partial charge in [0.2, 0.25) is 0 Å². The van der Waals surface area contributed by atoms with Gasteiger partial charge in [-0.05, 0) is 42.6 Å². The zero-order valence-electron chi connectivity index (χ0n) is 23.1. The number of hydrogen-bond donors (Lipinski definition) is 3. The minimum atomic E-state index is -5.08. The normalized spacial score (nSPS) is 37.8. The Labute approximate surface area is 230 Å². The average molecular weight is 578 g/mol. The molecular formula is C27H38F3NO9. The quantitative estimate of drug-likeness (QED) is 0.327. The molecule has 0 aliphatic heterocycles. The van der Waals surface area contributed by atoms with Crippen LogP contribution >= 0.6 is 0 Å². The summed E-state index contributed by atoms with van der Waals surface area (Å²) >= 11 is 0. The maximum absolute atomic E-state index is 14.0. The van der Waals surface area contributed by atoms with Crippen molar-refractivity contribution >= 4 is 23.7 Å². The van der Waals surface area contributed by atoms with Crippen molar-refractivity contribution in [3.63, 3.8) is 0 Å². The third-order valence-electron chi connectivity index (χ3n) is 9.56. The Morgan fingerprint density at radius 1 is 1.18 bits per heavy atom. The van der Waals surface area contributed by atoms with E-state index in [-0.39, 0.29) is 36.7 Å². The van der Waals surface area contributed by atoms with Crippen molar-refractivity contribution in [1.82, 2.24) is 0 Å². The van der Waals surface area contributed by atoms with E-state index < -0.39 is 65.1 Å². The molecule has 4 rings (SSSR count). The first-order chi connectivity index (χ1) is 18.4. The van der Waals surface area contributed by atoms with Crippen LogP contribution in [0.25, 0.3) is 0 Å². The molecule has 40 heavy (non-hydrogen) atoms. The predicted octanol–water partition coefficient (Wildman–Crippen LogP) is 2.41. The summed E-state index contributed by atoms with van der Waals surface area (Å²) < 4.78 is 49.3. The minimum absolute atomic E-state index is 0.0393. The van der Waals surface area contributed by atoms with Gasteiger partial charge in [-0.3, -0.25) is 14.4 Å². The SMILES string of the molecule is C=C1C(=O)[C@]23[C@H](OC(=O)CN)[C@H]1C[C@H](O)[C@H]2[C@]1(COC(C)=O)CCCC(C)(C)[C@H]1C[C@H]3OC.O=C(O)C(F)(F)F. The summed E-state index contributed by atoms with van der Waals surface area (Å²) in [4.78, 5) is 47.2. The molecule has 4 saturated carbocycles. The first-order valence-corrected chi connectivity index (χ1v) is 13.2. The Balaban J connectivity index is 0.000000559. The lowest BCUT2D eigenvalue weighted by atomic mass is 9.39. The second kappa shape index (κ2) is 11.1. The van der Waals surface area contributed by atoms with Crippen LogP contribution in [0, 0.1) is 34.0 Å². The molecule has 10 nitrogen and oxygen atoms in total. The molecule has 4 N–H and O–H groups in total. The number of carboxylic acids is 1. The lowest BCUT2D eigenvalue weighted by Gasteiger charge is -2.67. The maximum atomic E-state index is 14.0. The zero-order chi connectivity index (χ0) is 30.4. The number of nitrogens with two attached hydrogens (primary N) is 1. The first-order valence-electron chi connectivity index (χ1n) is 13.2. The minimum Gasteiger partial charge on any atom is -0.475 e. The molecule has 0 amide bonds. The third kappa shape index (κ3) is 5.04. The standard InChI is InChI=1S/C25H37NO7.C2HF3O2/c1-13-15-9-16(28)20-24(12-32-14(2)27)8-6-7-23(3,4)17(24)10-18(31-5)25(20,21(13)30)22(15)33-19(29)11-26;3-2(4,5)1(6)7/h15-18,20,22,28H,1,6-12,26H2,2-5H3;(H,6,7)/t15-,16-,17+,18+,20-,22+,24-,25+;/m0./s1. The summed E-state index contributed by atoms with van der Waals surface area (Å²) in [7, 11) is 1.57. The molecular weight excluding hydrogens is 539 g/mol. The highest BCUT2D eigenvalue weighted by molar-refractivity contribution is 6.05. The monoisotopic (exact) mass is 577 g/mol. The van der Waals surface area contributed by atoms with Gasteiger partial charge in [0.15, 0.2) is 5.78 Å². The van der Waals surface area contributed by atoms with E-state index in [2.05, 4.69) is 20.4 Å². The van der Waals surface area contributed by atoms with E-state index in [9.17, 15) is 32.7 Å². The number of alkyl halides is 3. The molecule has 0 radical (unpaired) electrons. The lowest BCUT2D eigenvalue weighted by molar-refractivity contribution is -0.271. The lowest BCUT2D eigenvalue weighted by Crippen LogP contribution is -2.72. The van der Waals surface area contributed by atoms with Crippen LogP contribution in [0.2, 0.25) is 0 Å². The van der Waals surface area contributed by atoms with E-state index in [4.69, 9.17) is 29.8 Å². The number of halogens is 3. The number of aliphatic hydroxyl groups excluding tert-OH is 1. The van der Waals surface area contributed by atoms with Crippen molar-refractivity contribution in [2.75, 3.05) is 20.3 Å². The Bertz CT molecular complexity index is 1060. The second-order valence-corrected chi connectivity index (χ2v) is 12.0. The van der Waals surface area contributed by atoms with E-state index in [1.165, 1.54) is 6.92 Å². The first kappa shape index (κ1) is 32.0. The summed E-state index contributed by atoms with van der Waals surface area (Å²) in [6, 6.07) is 0. The van der Waals surface area contributed by atoms with Crippen molar-refractivity contribution in [2.45, 2.75) is 77.4 Å². The van der Waals surface area contributed by atoms with Gasteiger partial charge >= 0.3 is 24.1 Å². The van der Waals surface area contributed by atoms with Crippen molar-refractivity contribution in [3.05, 3.63) is 12.2 Å². The maximum Gasteiger partial charge on any atom is 0.490 e. The van der Waals surface area contributed by atoms with Crippen molar-refractivity contribution in [2.24, 2.45) is 39.7 Å². The van der Waals surface area contributed by atoms with E-state index >= 15 is 0 Å². The summed E-state index contributed by atoms with van der Waals surface area (Å²) in [5.41, 5.74) is 3.87. The molecule has 4 fully saturated rings. The largest absolute Gasteiger partial charge is 0.490 e. The van der Waals surface area contributed by atoms with Crippen LogP contribution in [0.15, 0.2) is 12.2 Å². The zero-order valence-corrected chi connectivity index (χ0v) is 23.1. The molecule has 0 unspecified atom stereocenters. The number of esters is 2. The molecule has 0 aromatic heterocycles. The van der Waals surface area contributed by atoms with Crippen LogP contribution in [0.1, 0.15) is 52.9 Å². The molecule has 226 valence electrons. The number of carboxylic acid groups (broad SMARTS) is 1. The highest BCUT2D eigenvalue weighted by Gasteiger charge is 2.78. The number of Topliss-reactive ketones (excluding diaryl/α,β-unsaturated/α-hetero) is 1. The van der Waals surface area contributed by atoms with E-state index in [0.717, 1.165) is 12.8 Å². The topological polar surface area (TPSA) is 162 Å². The second-order valence-electron chi connectivity index (χ2n) is 12.0. The number of methoxy groups -OCH3 is 1. The van der Waals surface area contributed by atoms with Crippen LogP contribution in [0.4, 0.5) is 13.2 Å². The molecule has 0 aromatic rings. The van der Waals surface area contributed by atoms with E-state index in [0.29, 0.717) is 18.4 Å². The number of ketones is 1. The number of fused-ring (bicyclic) bond motifs is 3. The molecule has 2 bridgehead atoms. The van der Waals surface area contributed by atoms with Crippen molar-refractivity contribution < 1.29 is 56.8 Å². The van der Waals surface area contributed by atoms with Crippen molar-refractivity contribution in [3.8, 4) is 0 Å².